The van der Waals surface area contributed by atoms with Gasteiger partial charge in [-0.15, -0.1) is 0 Å². The zero-order valence-corrected chi connectivity index (χ0v) is 10.3. The highest BCUT2D eigenvalue weighted by molar-refractivity contribution is 6.26. The van der Waals surface area contributed by atoms with Gasteiger partial charge in [0.2, 0.25) is 0 Å². The number of carbonyl (C=O) groups is 1. The van der Waals surface area contributed by atoms with Crippen molar-refractivity contribution in [2.45, 2.75) is 0 Å². The largest absolute Gasteiger partial charge is 0.289 e. The predicted molar refractivity (Wildman–Crippen MR) is 74.9 cm³/mol. The Balaban J connectivity index is 3.55. The molecule has 0 aliphatic rings. The van der Waals surface area contributed by atoms with Gasteiger partial charge in [-0.1, -0.05) is 55.6 Å². The predicted octanol–water partition coefficient (Wildman–Crippen LogP) is 3.17. The van der Waals surface area contributed by atoms with E-state index in [4.69, 9.17) is 0 Å². The molecule has 1 aromatic rings. The molecule has 0 saturated carbocycles. The lowest BCUT2D eigenvalue weighted by Crippen LogP contribution is -2.07. The van der Waals surface area contributed by atoms with Gasteiger partial charge in [0, 0.05) is 6.08 Å². The molecule has 0 amide bonds. The van der Waals surface area contributed by atoms with E-state index >= 15 is 0 Å². The summed E-state index contributed by atoms with van der Waals surface area (Å²) in [6, 6.07) is 8.47. The third-order valence-corrected chi connectivity index (χ3v) is 2.34. The monoisotopic (exact) mass is 255 g/mol. The molecule has 0 bridgehead atoms. The first-order valence-corrected chi connectivity index (χ1v) is 5.51. The number of ketones is 1. The van der Waals surface area contributed by atoms with Gasteiger partial charge in [0.05, 0.1) is 4.92 Å². The molecule has 0 saturated heterocycles. The summed E-state index contributed by atoms with van der Waals surface area (Å²) in [5.41, 5.74) is 0.211. The SMILES string of the molecule is C=CC=CC(=C(C(=O)C=C)c1ccccc1)[N+](=O)[O-]. The number of hydrogen-bond donors (Lipinski definition) is 0. The summed E-state index contributed by atoms with van der Waals surface area (Å²) in [6.45, 7) is 6.83. The molecule has 96 valence electrons. The van der Waals surface area contributed by atoms with Gasteiger partial charge in [-0.3, -0.25) is 14.9 Å². The van der Waals surface area contributed by atoms with Crippen LogP contribution in [0.2, 0.25) is 0 Å². The summed E-state index contributed by atoms with van der Waals surface area (Å²) in [4.78, 5) is 22.4. The van der Waals surface area contributed by atoms with E-state index in [1.165, 1.54) is 18.2 Å². The molecule has 0 N–H and O–H groups in total. The number of nitro groups is 1. The quantitative estimate of drug-likeness (QED) is 0.339. The number of carbonyl (C=O) groups excluding carboxylic acids is 1. The minimum atomic E-state index is -0.594. The van der Waals surface area contributed by atoms with Crippen LogP contribution in [0.4, 0.5) is 0 Å². The van der Waals surface area contributed by atoms with Crippen LogP contribution in [0.1, 0.15) is 5.56 Å². The third kappa shape index (κ3) is 3.61. The number of rotatable bonds is 6. The second-order valence-corrected chi connectivity index (χ2v) is 3.55. The highest BCUT2D eigenvalue weighted by atomic mass is 16.6. The minimum absolute atomic E-state index is 0.0127. The Labute approximate surface area is 111 Å². The van der Waals surface area contributed by atoms with Crippen LogP contribution in [0.5, 0.6) is 0 Å². The molecule has 4 heteroatoms. The molecule has 0 aliphatic carbocycles. The van der Waals surface area contributed by atoms with Crippen molar-refractivity contribution < 1.29 is 9.72 Å². The van der Waals surface area contributed by atoms with Gasteiger partial charge >= 0.3 is 0 Å². The maximum atomic E-state index is 11.9. The van der Waals surface area contributed by atoms with Gasteiger partial charge < -0.3 is 0 Å². The van der Waals surface area contributed by atoms with Crippen molar-refractivity contribution in [1.29, 1.82) is 0 Å². The number of hydrogen-bond acceptors (Lipinski definition) is 3. The van der Waals surface area contributed by atoms with Crippen LogP contribution < -0.4 is 0 Å². The van der Waals surface area contributed by atoms with Gasteiger partial charge in [-0.25, -0.2) is 0 Å². The molecule has 0 aromatic heterocycles. The fraction of sp³-hybridized carbons (Fsp3) is 0. The van der Waals surface area contributed by atoms with Crippen LogP contribution in [-0.4, -0.2) is 10.7 Å². The van der Waals surface area contributed by atoms with Gasteiger partial charge in [-0.2, -0.15) is 0 Å². The summed E-state index contributed by atoms with van der Waals surface area (Å²) < 4.78 is 0. The zero-order valence-electron chi connectivity index (χ0n) is 10.3. The maximum absolute atomic E-state index is 11.9. The Kier molecular flexibility index (Phi) is 5.17. The normalized spacial score (nSPS) is 11.8. The van der Waals surface area contributed by atoms with Crippen molar-refractivity contribution in [1.82, 2.24) is 0 Å². The fourth-order valence-electron chi connectivity index (χ4n) is 1.52. The van der Waals surface area contributed by atoms with Crippen molar-refractivity contribution in [3.63, 3.8) is 0 Å². The van der Waals surface area contributed by atoms with E-state index in [0.29, 0.717) is 5.56 Å². The molecule has 0 aliphatic heterocycles. The zero-order chi connectivity index (χ0) is 14.3. The highest BCUT2D eigenvalue weighted by Crippen LogP contribution is 2.21. The van der Waals surface area contributed by atoms with Crippen molar-refractivity contribution in [3.8, 4) is 0 Å². The molecule has 0 radical (unpaired) electrons. The molecule has 0 atom stereocenters. The first kappa shape index (κ1) is 14.3. The van der Waals surface area contributed by atoms with Gasteiger partial charge in [0.1, 0.15) is 5.57 Å². The third-order valence-electron chi connectivity index (χ3n) is 2.34. The van der Waals surface area contributed by atoms with Crippen LogP contribution in [0.15, 0.2) is 73.5 Å². The Morgan fingerprint density at radius 3 is 2.32 bits per heavy atom. The Bertz CT molecular complexity index is 568. The van der Waals surface area contributed by atoms with Crippen LogP contribution in [0.3, 0.4) is 0 Å². The van der Waals surface area contributed by atoms with Crippen LogP contribution in [-0.2, 0) is 4.79 Å². The smallest absolute Gasteiger partial charge is 0.281 e. The van der Waals surface area contributed by atoms with E-state index in [1.54, 1.807) is 30.3 Å². The van der Waals surface area contributed by atoms with Gasteiger partial charge in [-0.05, 0) is 11.6 Å². The molecular formula is C15H13NO3. The molecule has 0 fully saturated rings. The van der Waals surface area contributed by atoms with Crippen molar-refractivity contribution in [2.24, 2.45) is 0 Å². The first-order valence-electron chi connectivity index (χ1n) is 5.51. The number of allylic oxidation sites excluding steroid dienone is 5. The summed E-state index contributed by atoms with van der Waals surface area (Å²) in [5, 5.41) is 11.1. The fourth-order valence-corrected chi connectivity index (χ4v) is 1.52. The Morgan fingerprint density at radius 2 is 1.84 bits per heavy atom. The van der Waals surface area contributed by atoms with Gasteiger partial charge in [0.25, 0.3) is 5.70 Å². The van der Waals surface area contributed by atoms with E-state index in [1.807, 2.05) is 0 Å². The van der Waals surface area contributed by atoms with Crippen LogP contribution in [0, 0.1) is 10.1 Å². The lowest BCUT2D eigenvalue weighted by atomic mass is 9.99. The molecule has 19 heavy (non-hydrogen) atoms. The van der Waals surface area contributed by atoms with E-state index in [9.17, 15) is 14.9 Å². The number of nitrogens with zero attached hydrogens (tertiary/aromatic N) is 1. The van der Waals surface area contributed by atoms with Gasteiger partial charge in [0.15, 0.2) is 5.78 Å². The Morgan fingerprint density at radius 1 is 1.21 bits per heavy atom. The van der Waals surface area contributed by atoms with E-state index in [-0.39, 0.29) is 11.3 Å². The lowest BCUT2D eigenvalue weighted by Gasteiger charge is -2.04. The summed E-state index contributed by atoms with van der Waals surface area (Å²) >= 11 is 0. The van der Waals surface area contributed by atoms with Crippen molar-refractivity contribution >= 4 is 11.4 Å². The van der Waals surface area contributed by atoms with Crippen molar-refractivity contribution in [2.75, 3.05) is 0 Å². The minimum Gasteiger partial charge on any atom is -0.289 e. The standard InChI is InChI=1S/C15H13NO3/c1-3-5-11-13(16(18)19)15(14(17)4-2)12-9-7-6-8-10-12/h3-11H,1-2H2. The Hall–Kier alpha value is -2.75. The molecule has 0 unspecified atom stereocenters. The molecule has 1 aromatic carbocycles. The van der Waals surface area contributed by atoms with Crippen molar-refractivity contribution in [3.05, 3.63) is 89.2 Å². The second-order valence-electron chi connectivity index (χ2n) is 3.55. The highest BCUT2D eigenvalue weighted by Gasteiger charge is 2.21. The van der Waals surface area contributed by atoms with Crippen LogP contribution in [0.25, 0.3) is 5.57 Å². The van der Waals surface area contributed by atoms with E-state index < -0.39 is 10.7 Å². The molecule has 4 nitrogen and oxygen atoms in total. The average molecular weight is 255 g/mol. The van der Waals surface area contributed by atoms with Crippen LogP contribution >= 0.6 is 0 Å². The summed E-state index contributed by atoms with van der Waals surface area (Å²) in [7, 11) is 0. The van der Waals surface area contributed by atoms with E-state index in [0.717, 1.165) is 6.08 Å². The topological polar surface area (TPSA) is 60.2 Å². The molecule has 0 spiro atoms. The van der Waals surface area contributed by atoms with E-state index in [2.05, 4.69) is 13.2 Å². The lowest BCUT2D eigenvalue weighted by molar-refractivity contribution is -0.417. The molecule has 0 heterocycles. The molecular weight excluding hydrogens is 242 g/mol. The molecule has 1 rings (SSSR count). The second kappa shape index (κ2) is 6.86. The maximum Gasteiger partial charge on any atom is 0.281 e. The number of benzene rings is 1. The summed E-state index contributed by atoms with van der Waals surface area (Å²) in [5.74, 6) is -0.494. The average Bonchev–Trinajstić information content (AvgIpc) is 2.43. The first-order chi connectivity index (χ1) is 9.11. The summed E-state index contributed by atoms with van der Waals surface area (Å²) in [6.07, 6.45) is 5.13.